The summed E-state index contributed by atoms with van der Waals surface area (Å²) >= 11 is 1.46. The lowest BCUT2D eigenvalue weighted by Crippen LogP contribution is -2.26. The number of hydrogen-bond acceptors (Lipinski definition) is 6. The Morgan fingerprint density at radius 3 is 2.83 bits per heavy atom. The second-order valence-corrected chi connectivity index (χ2v) is 5.73. The van der Waals surface area contributed by atoms with E-state index in [-0.39, 0.29) is 5.91 Å². The molecule has 0 bridgehead atoms. The summed E-state index contributed by atoms with van der Waals surface area (Å²) in [5.41, 5.74) is 1.44. The Labute approximate surface area is 137 Å². The van der Waals surface area contributed by atoms with Crippen LogP contribution >= 0.6 is 11.3 Å². The van der Waals surface area contributed by atoms with E-state index in [0.29, 0.717) is 36.8 Å². The van der Waals surface area contributed by atoms with Gasteiger partial charge < -0.3 is 9.84 Å². The molecule has 3 aromatic rings. The molecule has 0 aliphatic carbocycles. The van der Waals surface area contributed by atoms with Crippen molar-refractivity contribution in [3.63, 3.8) is 0 Å². The standard InChI is InChI=1S/C16H16N4O2S/c1-2-14-19-13(20-22-14)8-9-17-15(21)12-10-23-16(18-12)11-6-4-3-5-7-11/h3-7,10H,2,8-9H2,1H3,(H,17,21). The molecule has 1 N–H and O–H groups in total. The van der Waals surface area contributed by atoms with Crippen molar-refractivity contribution < 1.29 is 9.32 Å². The summed E-state index contributed by atoms with van der Waals surface area (Å²) in [5, 5.41) is 9.27. The average molecular weight is 328 g/mol. The number of carbonyl (C=O) groups excluding carboxylic acids is 1. The lowest BCUT2D eigenvalue weighted by molar-refractivity contribution is 0.0949. The van der Waals surface area contributed by atoms with Gasteiger partial charge in [0.1, 0.15) is 10.7 Å². The molecule has 7 heteroatoms. The average Bonchev–Trinajstić information content (AvgIpc) is 3.25. The third-order valence-electron chi connectivity index (χ3n) is 3.20. The molecule has 2 heterocycles. The molecule has 0 aliphatic heterocycles. The molecule has 1 aromatic carbocycles. The van der Waals surface area contributed by atoms with E-state index in [1.165, 1.54) is 11.3 Å². The zero-order valence-electron chi connectivity index (χ0n) is 12.7. The Hall–Kier alpha value is -2.54. The van der Waals surface area contributed by atoms with Crippen LogP contribution in [-0.2, 0) is 12.8 Å². The number of benzene rings is 1. The third-order valence-corrected chi connectivity index (χ3v) is 4.10. The molecule has 0 unspecified atom stereocenters. The molecule has 118 valence electrons. The smallest absolute Gasteiger partial charge is 0.270 e. The molecule has 0 radical (unpaired) electrons. The van der Waals surface area contributed by atoms with Crippen molar-refractivity contribution in [1.82, 2.24) is 20.4 Å². The van der Waals surface area contributed by atoms with E-state index in [9.17, 15) is 4.79 Å². The van der Waals surface area contributed by atoms with Gasteiger partial charge in [0.2, 0.25) is 5.89 Å². The van der Waals surface area contributed by atoms with Gasteiger partial charge in [-0.3, -0.25) is 4.79 Å². The Morgan fingerprint density at radius 2 is 2.09 bits per heavy atom. The van der Waals surface area contributed by atoms with Gasteiger partial charge in [0, 0.05) is 30.3 Å². The zero-order valence-corrected chi connectivity index (χ0v) is 13.5. The molecule has 6 nitrogen and oxygen atoms in total. The third kappa shape index (κ3) is 3.81. The number of nitrogens with one attached hydrogen (secondary N) is 1. The Kier molecular flexibility index (Phi) is 4.77. The van der Waals surface area contributed by atoms with Gasteiger partial charge in [0.05, 0.1) is 0 Å². The van der Waals surface area contributed by atoms with Crippen LogP contribution in [0.2, 0.25) is 0 Å². The normalized spacial score (nSPS) is 10.7. The fourth-order valence-corrected chi connectivity index (χ4v) is 2.81. The van der Waals surface area contributed by atoms with Crippen LogP contribution in [0.15, 0.2) is 40.2 Å². The van der Waals surface area contributed by atoms with Gasteiger partial charge in [-0.15, -0.1) is 11.3 Å². The van der Waals surface area contributed by atoms with Crippen LogP contribution in [0.5, 0.6) is 0 Å². The summed E-state index contributed by atoms with van der Waals surface area (Å²) in [5.74, 6) is 1.02. The minimum Gasteiger partial charge on any atom is -0.350 e. The predicted molar refractivity (Wildman–Crippen MR) is 87.3 cm³/mol. The largest absolute Gasteiger partial charge is 0.350 e. The fourth-order valence-electron chi connectivity index (χ4n) is 2.01. The van der Waals surface area contributed by atoms with Gasteiger partial charge in [0.15, 0.2) is 5.82 Å². The molecule has 0 aliphatic rings. The van der Waals surface area contributed by atoms with E-state index < -0.39 is 0 Å². The van der Waals surface area contributed by atoms with E-state index in [0.717, 1.165) is 10.6 Å². The fraction of sp³-hybridized carbons (Fsp3) is 0.250. The van der Waals surface area contributed by atoms with Crippen LogP contribution in [0.4, 0.5) is 0 Å². The molecular formula is C16H16N4O2S. The highest BCUT2D eigenvalue weighted by Gasteiger charge is 2.12. The molecule has 0 saturated heterocycles. The number of thiazole rings is 1. The quantitative estimate of drug-likeness (QED) is 0.752. The van der Waals surface area contributed by atoms with Crippen LogP contribution in [0, 0.1) is 0 Å². The molecule has 23 heavy (non-hydrogen) atoms. The number of nitrogens with zero attached hydrogens (tertiary/aromatic N) is 3. The van der Waals surface area contributed by atoms with Crippen LogP contribution in [0.3, 0.4) is 0 Å². The highest BCUT2D eigenvalue weighted by atomic mass is 32.1. The summed E-state index contributed by atoms with van der Waals surface area (Å²) in [6.07, 6.45) is 1.24. The highest BCUT2D eigenvalue weighted by Crippen LogP contribution is 2.23. The van der Waals surface area contributed by atoms with Crippen LogP contribution in [0.25, 0.3) is 10.6 Å². The van der Waals surface area contributed by atoms with E-state index in [1.54, 1.807) is 5.38 Å². The van der Waals surface area contributed by atoms with Crippen molar-refractivity contribution in [1.29, 1.82) is 0 Å². The Morgan fingerprint density at radius 1 is 1.26 bits per heavy atom. The SMILES string of the molecule is CCc1nc(CCNC(=O)c2csc(-c3ccccc3)n2)no1. The first kappa shape index (κ1) is 15.4. The number of amides is 1. The Bertz CT molecular complexity index is 782. The molecule has 0 fully saturated rings. The molecule has 0 spiro atoms. The highest BCUT2D eigenvalue weighted by molar-refractivity contribution is 7.13. The number of hydrogen-bond donors (Lipinski definition) is 1. The second-order valence-electron chi connectivity index (χ2n) is 4.87. The molecule has 3 rings (SSSR count). The van der Waals surface area contributed by atoms with Crippen LogP contribution < -0.4 is 5.32 Å². The summed E-state index contributed by atoms with van der Waals surface area (Å²) in [7, 11) is 0. The zero-order chi connectivity index (χ0) is 16.1. The maximum absolute atomic E-state index is 12.1. The van der Waals surface area contributed by atoms with Gasteiger partial charge in [-0.1, -0.05) is 42.4 Å². The van der Waals surface area contributed by atoms with Crippen molar-refractivity contribution in [3.8, 4) is 10.6 Å². The van der Waals surface area contributed by atoms with Crippen molar-refractivity contribution in [2.24, 2.45) is 0 Å². The van der Waals surface area contributed by atoms with Crippen molar-refractivity contribution in [3.05, 3.63) is 53.1 Å². The van der Waals surface area contributed by atoms with Crippen LogP contribution in [0.1, 0.15) is 29.1 Å². The minimum absolute atomic E-state index is 0.192. The lowest BCUT2D eigenvalue weighted by atomic mass is 10.2. The number of aryl methyl sites for hydroxylation is 1. The first-order valence-electron chi connectivity index (χ1n) is 7.37. The lowest BCUT2D eigenvalue weighted by Gasteiger charge is -2.00. The van der Waals surface area contributed by atoms with Gasteiger partial charge >= 0.3 is 0 Å². The summed E-state index contributed by atoms with van der Waals surface area (Å²) in [6, 6.07) is 9.80. The number of aromatic nitrogens is 3. The second kappa shape index (κ2) is 7.15. The molecular weight excluding hydrogens is 312 g/mol. The van der Waals surface area contributed by atoms with E-state index in [4.69, 9.17) is 4.52 Å². The van der Waals surface area contributed by atoms with Gasteiger partial charge in [-0.2, -0.15) is 4.98 Å². The van der Waals surface area contributed by atoms with Gasteiger partial charge in [0.25, 0.3) is 5.91 Å². The Balaban J connectivity index is 1.55. The minimum atomic E-state index is -0.192. The molecule has 2 aromatic heterocycles. The van der Waals surface area contributed by atoms with Gasteiger partial charge in [-0.25, -0.2) is 4.98 Å². The molecule has 1 amide bonds. The molecule has 0 atom stereocenters. The maximum atomic E-state index is 12.1. The summed E-state index contributed by atoms with van der Waals surface area (Å²) in [4.78, 5) is 20.7. The monoisotopic (exact) mass is 328 g/mol. The van der Waals surface area contributed by atoms with Gasteiger partial charge in [-0.05, 0) is 0 Å². The summed E-state index contributed by atoms with van der Waals surface area (Å²) in [6.45, 7) is 2.39. The first-order valence-corrected chi connectivity index (χ1v) is 8.25. The number of rotatable bonds is 6. The van der Waals surface area contributed by atoms with Crippen LogP contribution in [-0.4, -0.2) is 27.6 Å². The van der Waals surface area contributed by atoms with Crippen molar-refractivity contribution in [2.75, 3.05) is 6.54 Å². The predicted octanol–water partition coefficient (Wildman–Crippen LogP) is 2.73. The van der Waals surface area contributed by atoms with E-state index in [2.05, 4.69) is 20.4 Å². The molecule has 0 saturated carbocycles. The number of carbonyl (C=O) groups is 1. The van der Waals surface area contributed by atoms with E-state index in [1.807, 2.05) is 37.3 Å². The van der Waals surface area contributed by atoms with Crippen molar-refractivity contribution in [2.45, 2.75) is 19.8 Å². The topological polar surface area (TPSA) is 80.9 Å². The first-order chi connectivity index (χ1) is 11.3. The summed E-state index contributed by atoms with van der Waals surface area (Å²) < 4.78 is 5.02. The maximum Gasteiger partial charge on any atom is 0.270 e. The van der Waals surface area contributed by atoms with Crippen molar-refractivity contribution >= 4 is 17.2 Å². The van der Waals surface area contributed by atoms with E-state index >= 15 is 0 Å².